The van der Waals surface area contributed by atoms with E-state index in [0.717, 1.165) is 6.61 Å². The van der Waals surface area contributed by atoms with Crippen LogP contribution in [0.1, 0.15) is 38.7 Å². The van der Waals surface area contributed by atoms with Gasteiger partial charge in [0.2, 0.25) is 0 Å². The van der Waals surface area contributed by atoms with E-state index in [1.54, 1.807) is 0 Å². The van der Waals surface area contributed by atoms with Gasteiger partial charge in [-0.05, 0) is 48.8 Å². The van der Waals surface area contributed by atoms with Crippen LogP contribution >= 0.6 is 11.8 Å². The third-order valence-corrected chi connectivity index (χ3v) is 5.17. The number of thioether (sulfide) groups is 1. The van der Waals surface area contributed by atoms with Crippen molar-refractivity contribution < 1.29 is 4.74 Å². The molecular weight excluding hydrogens is 252 g/mol. The maximum Gasteiger partial charge on any atom is 0.0930 e. The topological polar surface area (TPSA) is 9.23 Å². The van der Waals surface area contributed by atoms with E-state index in [1.165, 1.54) is 41.9 Å². The van der Waals surface area contributed by atoms with E-state index in [1.807, 2.05) is 12.3 Å². The molecule has 1 aliphatic heterocycles. The van der Waals surface area contributed by atoms with Gasteiger partial charge in [-0.15, -0.1) is 0 Å². The number of ether oxygens (including phenoxy) is 1. The van der Waals surface area contributed by atoms with Crippen molar-refractivity contribution in [1.29, 1.82) is 0 Å². The van der Waals surface area contributed by atoms with E-state index in [4.69, 9.17) is 4.74 Å². The lowest BCUT2D eigenvalue weighted by Crippen LogP contribution is -2.30. The highest BCUT2D eigenvalue weighted by Crippen LogP contribution is 2.38. The lowest BCUT2D eigenvalue weighted by Gasteiger charge is -2.35. The fourth-order valence-corrected chi connectivity index (χ4v) is 3.88. The molecule has 19 heavy (non-hydrogen) atoms. The van der Waals surface area contributed by atoms with E-state index < -0.39 is 0 Å². The Labute approximate surface area is 121 Å². The summed E-state index contributed by atoms with van der Waals surface area (Å²) in [6, 6.07) is 10.4. The summed E-state index contributed by atoms with van der Waals surface area (Å²) in [5.41, 5.74) is 2.86. The van der Waals surface area contributed by atoms with Crippen molar-refractivity contribution in [2.75, 3.05) is 18.1 Å². The first-order chi connectivity index (χ1) is 9.26. The standard InChI is InChI=1S/C17H24OS/c1-3-17(9-11-19-12-10-17)14-18-13-15(2)16-7-5-4-6-8-16/h4-8,13H,3,9-12,14H2,1-2H3/b15-13-. The molecule has 0 amide bonds. The van der Waals surface area contributed by atoms with Gasteiger partial charge in [-0.25, -0.2) is 0 Å². The van der Waals surface area contributed by atoms with Crippen molar-refractivity contribution in [2.45, 2.75) is 33.1 Å². The summed E-state index contributed by atoms with van der Waals surface area (Å²) in [6.45, 7) is 5.28. The van der Waals surface area contributed by atoms with Crippen LogP contribution in [0, 0.1) is 5.41 Å². The van der Waals surface area contributed by atoms with Gasteiger partial charge in [0.05, 0.1) is 12.9 Å². The minimum Gasteiger partial charge on any atom is -0.500 e. The van der Waals surface area contributed by atoms with E-state index in [9.17, 15) is 0 Å². The van der Waals surface area contributed by atoms with Crippen molar-refractivity contribution in [2.24, 2.45) is 5.41 Å². The quantitative estimate of drug-likeness (QED) is 0.701. The third-order valence-electron chi connectivity index (χ3n) is 4.18. The average Bonchev–Trinajstić information content (AvgIpc) is 2.49. The van der Waals surface area contributed by atoms with Crippen LogP contribution in [-0.2, 0) is 4.74 Å². The maximum absolute atomic E-state index is 5.91. The molecule has 0 unspecified atom stereocenters. The van der Waals surface area contributed by atoms with Gasteiger partial charge in [-0.1, -0.05) is 37.3 Å². The van der Waals surface area contributed by atoms with Crippen LogP contribution in [0.3, 0.4) is 0 Å². The fraction of sp³-hybridized carbons (Fsp3) is 0.529. The molecule has 1 nitrogen and oxygen atoms in total. The predicted molar refractivity (Wildman–Crippen MR) is 85.3 cm³/mol. The van der Waals surface area contributed by atoms with Crippen molar-refractivity contribution in [3.8, 4) is 0 Å². The Kier molecular flexibility index (Phi) is 5.38. The largest absolute Gasteiger partial charge is 0.500 e. The molecule has 0 aliphatic carbocycles. The molecule has 0 spiro atoms. The lowest BCUT2D eigenvalue weighted by molar-refractivity contribution is 0.0950. The second-order valence-corrected chi connectivity index (χ2v) is 6.67. The van der Waals surface area contributed by atoms with Crippen LogP contribution in [-0.4, -0.2) is 18.1 Å². The molecule has 0 N–H and O–H groups in total. The molecular formula is C17H24OS. The highest BCUT2D eigenvalue weighted by molar-refractivity contribution is 7.99. The van der Waals surface area contributed by atoms with Crippen LogP contribution in [0.2, 0.25) is 0 Å². The van der Waals surface area contributed by atoms with Crippen molar-refractivity contribution in [3.05, 3.63) is 42.2 Å². The van der Waals surface area contributed by atoms with Crippen molar-refractivity contribution in [3.63, 3.8) is 0 Å². The third kappa shape index (κ3) is 4.04. The van der Waals surface area contributed by atoms with E-state index in [-0.39, 0.29) is 0 Å². The zero-order valence-electron chi connectivity index (χ0n) is 12.0. The van der Waals surface area contributed by atoms with Gasteiger partial charge >= 0.3 is 0 Å². The summed E-state index contributed by atoms with van der Waals surface area (Å²) < 4.78 is 5.91. The minimum absolute atomic E-state index is 0.415. The second kappa shape index (κ2) is 7.04. The van der Waals surface area contributed by atoms with E-state index >= 15 is 0 Å². The average molecular weight is 276 g/mol. The van der Waals surface area contributed by atoms with Gasteiger partial charge in [0.1, 0.15) is 0 Å². The van der Waals surface area contributed by atoms with Gasteiger partial charge in [-0.2, -0.15) is 11.8 Å². The van der Waals surface area contributed by atoms with Gasteiger partial charge in [0, 0.05) is 5.41 Å². The molecule has 1 aromatic carbocycles. The summed E-state index contributed by atoms with van der Waals surface area (Å²) in [5, 5.41) is 0. The second-order valence-electron chi connectivity index (χ2n) is 5.44. The van der Waals surface area contributed by atoms with Crippen LogP contribution < -0.4 is 0 Å². The molecule has 0 atom stereocenters. The van der Waals surface area contributed by atoms with Crippen LogP contribution in [0.15, 0.2) is 36.6 Å². The summed E-state index contributed by atoms with van der Waals surface area (Å²) in [4.78, 5) is 0. The molecule has 2 rings (SSSR count). The highest BCUT2D eigenvalue weighted by Gasteiger charge is 2.30. The molecule has 2 heteroatoms. The molecule has 0 radical (unpaired) electrons. The smallest absolute Gasteiger partial charge is 0.0930 e. The summed E-state index contributed by atoms with van der Waals surface area (Å²) in [7, 11) is 0. The summed E-state index contributed by atoms with van der Waals surface area (Å²) in [5.74, 6) is 2.58. The van der Waals surface area contributed by atoms with Crippen molar-refractivity contribution in [1.82, 2.24) is 0 Å². The molecule has 104 valence electrons. The molecule has 1 aromatic rings. The normalized spacial score (nSPS) is 19.2. The number of hydrogen-bond donors (Lipinski definition) is 0. The number of rotatable bonds is 5. The maximum atomic E-state index is 5.91. The molecule has 0 saturated carbocycles. The van der Waals surface area contributed by atoms with Crippen LogP contribution in [0.5, 0.6) is 0 Å². The van der Waals surface area contributed by atoms with Crippen LogP contribution in [0.4, 0.5) is 0 Å². The Morgan fingerprint density at radius 2 is 1.95 bits per heavy atom. The summed E-state index contributed by atoms with van der Waals surface area (Å²) >= 11 is 2.08. The Hall–Kier alpha value is -0.890. The Balaban J connectivity index is 1.91. The lowest BCUT2D eigenvalue weighted by atomic mass is 9.80. The van der Waals surface area contributed by atoms with Gasteiger partial charge in [0.25, 0.3) is 0 Å². The van der Waals surface area contributed by atoms with Crippen molar-refractivity contribution >= 4 is 17.3 Å². The van der Waals surface area contributed by atoms with Gasteiger partial charge in [0.15, 0.2) is 0 Å². The number of hydrogen-bond acceptors (Lipinski definition) is 2. The van der Waals surface area contributed by atoms with Crippen LogP contribution in [0.25, 0.3) is 5.57 Å². The highest BCUT2D eigenvalue weighted by atomic mass is 32.2. The van der Waals surface area contributed by atoms with Gasteiger partial charge in [-0.3, -0.25) is 0 Å². The Bertz CT molecular complexity index is 405. The SMILES string of the molecule is CCC1(CO/C=C(/C)c2ccccc2)CCSCC1. The first-order valence-corrected chi connectivity index (χ1v) is 8.33. The summed E-state index contributed by atoms with van der Waals surface area (Å²) in [6.07, 6.45) is 5.76. The Morgan fingerprint density at radius 1 is 1.26 bits per heavy atom. The molecule has 0 bridgehead atoms. The predicted octanol–water partition coefficient (Wildman–Crippen LogP) is 4.99. The van der Waals surface area contributed by atoms with E-state index in [0.29, 0.717) is 5.41 Å². The molecule has 1 fully saturated rings. The molecule has 1 heterocycles. The fourth-order valence-electron chi connectivity index (χ4n) is 2.52. The zero-order valence-corrected chi connectivity index (χ0v) is 12.8. The van der Waals surface area contributed by atoms with E-state index in [2.05, 4.69) is 49.9 Å². The number of allylic oxidation sites excluding steroid dienone is 1. The first-order valence-electron chi connectivity index (χ1n) is 7.17. The Morgan fingerprint density at radius 3 is 2.58 bits per heavy atom. The zero-order chi connectivity index (χ0) is 13.6. The number of benzene rings is 1. The molecule has 1 aliphatic rings. The minimum atomic E-state index is 0.415. The monoisotopic (exact) mass is 276 g/mol. The van der Waals surface area contributed by atoms with Gasteiger partial charge < -0.3 is 4.74 Å². The molecule has 1 saturated heterocycles. The molecule has 0 aromatic heterocycles. The first kappa shape index (κ1) is 14.5.